The van der Waals surface area contributed by atoms with Gasteiger partial charge in [-0.15, -0.1) is 0 Å². The van der Waals surface area contributed by atoms with Crippen molar-refractivity contribution in [2.45, 2.75) is 27.7 Å². The number of rotatable bonds is 4. The third-order valence-corrected chi connectivity index (χ3v) is 4.94. The Morgan fingerprint density at radius 1 is 1.09 bits per heavy atom. The highest BCUT2D eigenvalue weighted by atomic mass is 32.4. The molecule has 0 unspecified atom stereocenters. The molecule has 0 bridgehead atoms. The summed E-state index contributed by atoms with van der Waals surface area (Å²) in [5.41, 5.74) is 6.04. The fourth-order valence-electron chi connectivity index (χ4n) is 1.31. The molecule has 0 heterocycles. The van der Waals surface area contributed by atoms with Gasteiger partial charge >= 0.3 is 0 Å². The van der Waals surface area contributed by atoms with Gasteiger partial charge in [0.1, 0.15) is 0 Å². The Morgan fingerprint density at radius 3 is 1.55 bits per heavy atom. The molecule has 0 aliphatic heterocycles. The van der Waals surface area contributed by atoms with Gasteiger partial charge in [-0.3, -0.25) is 0 Å². The fraction of sp³-hybridized carbons (Fsp3) is 1.00. The maximum atomic E-state index is 6.04. The highest BCUT2D eigenvalue weighted by Crippen LogP contribution is 2.40. The van der Waals surface area contributed by atoms with Crippen LogP contribution in [0.3, 0.4) is 0 Å². The van der Waals surface area contributed by atoms with Gasteiger partial charge < -0.3 is 5.50 Å². The van der Waals surface area contributed by atoms with Crippen LogP contribution in [0, 0.1) is 11.8 Å². The van der Waals surface area contributed by atoms with E-state index in [1.54, 1.807) is 0 Å². The Morgan fingerprint density at radius 2 is 1.36 bits per heavy atom. The zero-order chi connectivity index (χ0) is 9.07. The zero-order valence-corrected chi connectivity index (χ0v) is 9.71. The maximum Gasteiger partial charge on any atom is 0.0104 e. The molecule has 0 atom stereocenters. The van der Waals surface area contributed by atoms with Crippen LogP contribution in [-0.4, -0.2) is 12.3 Å². The number of hydrogen-bond donors (Lipinski definition) is 1. The lowest BCUT2D eigenvalue weighted by molar-refractivity contribution is 0.717. The van der Waals surface area contributed by atoms with Crippen molar-refractivity contribution in [2.24, 2.45) is 17.3 Å². The zero-order valence-electron chi connectivity index (χ0n) is 8.00. The van der Waals surface area contributed by atoms with E-state index in [4.69, 9.17) is 17.3 Å². The van der Waals surface area contributed by atoms with E-state index < -0.39 is 6.19 Å². The average Bonchev–Trinajstić information content (AvgIpc) is 1.53. The van der Waals surface area contributed by atoms with E-state index in [1.165, 1.54) is 0 Å². The summed E-state index contributed by atoms with van der Waals surface area (Å²) in [7, 11) is 0. The molecule has 0 rings (SSSR count). The number of hydrogen-bond acceptors (Lipinski definition) is 1. The molecule has 0 saturated heterocycles. The van der Waals surface area contributed by atoms with Gasteiger partial charge in [0, 0.05) is 6.19 Å². The lowest BCUT2D eigenvalue weighted by atomic mass is 10.3. The third kappa shape index (κ3) is 6.99. The molecule has 0 aliphatic carbocycles. The highest BCUT2D eigenvalue weighted by molar-refractivity contribution is 8.13. The second kappa shape index (κ2) is 4.59. The molecule has 68 valence electrons. The SMILES string of the molecule is CC(C)CP(N)(=S)CC(C)C. The predicted octanol–water partition coefficient (Wildman–Crippen LogP) is 2.65. The average molecular weight is 193 g/mol. The van der Waals surface area contributed by atoms with Gasteiger partial charge in [-0.1, -0.05) is 39.5 Å². The molecule has 1 nitrogen and oxygen atoms in total. The van der Waals surface area contributed by atoms with Crippen LogP contribution < -0.4 is 5.50 Å². The van der Waals surface area contributed by atoms with Crippen molar-refractivity contribution < 1.29 is 0 Å². The molecule has 0 aliphatic rings. The molecule has 11 heavy (non-hydrogen) atoms. The summed E-state index contributed by atoms with van der Waals surface area (Å²) >= 11 is 5.38. The van der Waals surface area contributed by atoms with Crippen molar-refractivity contribution in [3.05, 3.63) is 0 Å². The molecule has 3 heteroatoms. The van der Waals surface area contributed by atoms with Gasteiger partial charge in [0.2, 0.25) is 0 Å². The summed E-state index contributed by atoms with van der Waals surface area (Å²) in [4.78, 5) is 0. The van der Waals surface area contributed by atoms with Crippen LogP contribution in [0.5, 0.6) is 0 Å². The normalized spacial score (nSPS) is 13.0. The van der Waals surface area contributed by atoms with Crippen LogP contribution in [0.2, 0.25) is 0 Å². The molecule has 0 saturated carbocycles. The van der Waals surface area contributed by atoms with Gasteiger partial charge in [0.15, 0.2) is 0 Å². The van der Waals surface area contributed by atoms with Crippen molar-refractivity contribution in [2.75, 3.05) is 12.3 Å². The largest absolute Gasteiger partial charge is 0.302 e. The third-order valence-electron chi connectivity index (χ3n) is 1.35. The lowest BCUT2D eigenvalue weighted by Crippen LogP contribution is -2.11. The summed E-state index contributed by atoms with van der Waals surface area (Å²) in [6.07, 6.45) is 0.641. The van der Waals surface area contributed by atoms with Crippen LogP contribution >= 0.6 is 6.19 Å². The maximum absolute atomic E-state index is 6.04. The van der Waals surface area contributed by atoms with E-state index in [2.05, 4.69) is 27.7 Å². The minimum absolute atomic E-state index is 0.657. The van der Waals surface area contributed by atoms with Crippen LogP contribution in [0.15, 0.2) is 0 Å². The summed E-state index contributed by atoms with van der Waals surface area (Å²) in [5, 5.41) is 0. The Kier molecular flexibility index (Phi) is 4.85. The Bertz CT molecular complexity index is 140. The minimum Gasteiger partial charge on any atom is -0.302 e. The van der Waals surface area contributed by atoms with Crippen LogP contribution in [0.4, 0.5) is 0 Å². The van der Waals surface area contributed by atoms with Crippen molar-refractivity contribution >= 4 is 18.0 Å². The summed E-state index contributed by atoms with van der Waals surface area (Å²) in [6, 6.07) is 0. The Balaban J connectivity index is 3.91. The monoisotopic (exact) mass is 193 g/mol. The lowest BCUT2D eigenvalue weighted by Gasteiger charge is -2.20. The molecule has 0 amide bonds. The first-order chi connectivity index (χ1) is 4.83. The minimum atomic E-state index is -1.47. The number of nitrogens with two attached hydrogens (primary N) is 1. The van der Waals surface area contributed by atoms with Crippen LogP contribution in [0.1, 0.15) is 27.7 Å². The first-order valence-corrected chi connectivity index (χ1v) is 7.44. The molecule has 0 fully saturated rings. The first-order valence-electron chi connectivity index (χ1n) is 4.20. The van der Waals surface area contributed by atoms with Gasteiger partial charge in [0.05, 0.1) is 0 Å². The van der Waals surface area contributed by atoms with E-state index in [1.807, 2.05) is 0 Å². The molecule has 0 aromatic rings. The summed E-state index contributed by atoms with van der Waals surface area (Å²) in [5.74, 6) is 1.31. The summed E-state index contributed by atoms with van der Waals surface area (Å²) < 4.78 is 0. The van der Waals surface area contributed by atoms with E-state index in [0.717, 1.165) is 12.3 Å². The Labute approximate surface area is 75.8 Å². The molecule has 0 aromatic heterocycles. The molecule has 2 N–H and O–H groups in total. The van der Waals surface area contributed by atoms with E-state index >= 15 is 0 Å². The topological polar surface area (TPSA) is 26.0 Å². The van der Waals surface area contributed by atoms with Crippen molar-refractivity contribution in [1.82, 2.24) is 0 Å². The fourth-order valence-corrected chi connectivity index (χ4v) is 5.72. The van der Waals surface area contributed by atoms with Crippen molar-refractivity contribution in [3.63, 3.8) is 0 Å². The quantitative estimate of drug-likeness (QED) is 0.695. The molecule has 0 radical (unpaired) electrons. The van der Waals surface area contributed by atoms with E-state index in [9.17, 15) is 0 Å². The molecule has 0 spiro atoms. The predicted molar refractivity (Wildman–Crippen MR) is 57.9 cm³/mol. The van der Waals surface area contributed by atoms with Gasteiger partial charge in [0.25, 0.3) is 0 Å². The van der Waals surface area contributed by atoms with Gasteiger partial charge in [-0.25, -0.2) is 0 Å². The van der Waals surface area contributed by atoms with Crippen molar-refractivity contribution in [3.8, 4) is 0 Å². The van der Waals surface area contributed by atoms with E-state index in [0.29, 0.717) is 11.8 Å². The summed E-state index contributed by atoms with van der Waals surface area (Å²) in [6.45, 7) is 8.75. The molecular formula is C8H20NPS. The smallest absolute Gasteiger partial charge is 0.0104 e. The van der Waals surface area contributed by atoms with Gasteiger partial charge in [-0.2, -0.15) is 0 Å². The van der Waals surface area contributed by atoms with Gasteiger partial charge in [-0.05, 0) is 24.2 Å². The van der Waals surface area contributed by atoms with Crippen molar-refractivity contribution in [1.29, 1.82) is 0 Å². The Hall–Kier alpha value is 0.610. The standard InChI is InChI=1S/C8H20NPS/c1-7(2)5-10(9,11)6-8(3)4/h7-8H,5-6H2,1-4H3,(H2,9,11). The second-order valence-corrected chi connectivity index (χ2v) is 8.92. The van der Waals surface area contributed by atoms with Crippen LogP contribution in [-0.2, 0) is 11.8 Å². The van der Waals surface area contributed by atoms with E-state index in [-0.39, 0.29) is 0 Å². The molecular weight excluding hydrogens is 173 g/mol. The first kappa shape index (κ1) is 11.6. The molecule has 0 aromatic carbocycles. The highest BCUT2D eigenvalue weighted by Gasteiger charge is 2.14. The second-order valence-electron chi connectivity index (χ2n) is 4.11. The van der Waals surface area contributed by atoms with Crippen LogP contribution in [0.25, 0.3) is 0 Å².